The van der Waals surface area contributed by atoms with Crippen molar-refractivity contribution in [3.05, 3.63) is 109 Å². The van der Waals surface area contributed by atoms with Gasteiger partial charge in [-0.3, -0.25) is 4.55 Å². The summed E-state index contributed by atoms with van der Waals surface area (Å²) in [6.07, 6.45) is -9.57. The van der Waals surface area contributed by atoms with Gasteiger partial charge in [0.2, 0.25) is 0 Å². The van der Waals surface area contributed by atoms with Crippen molar-refractivity contribution < 1.29 is 134 Å². The van der Waals surface area contributed by atoms with Crippen molar-refractivity contribution in [2.24, 2.45) is 5.92 Å². The number of aliphatic hydroxyl groups is 21. The third kappa shape index (κ3) is 34.8. The molecule has 0 spiro atoms. The van der Waals surface area contributed by atoms with Gasteiger partial charge < -0.3 is 117 Å². The molecule has 0 aromatic carbocycles. The van der Waals surface area contributed by atoms with Gasteiger partial charge in [0.15, 0.2) is 0 Å². The second kappa shape index (κ2) is 47.7. The lowest BCUT2D eigenvalue weighted by atomic mass is 9.87. The average molecular weight is 1400 g/mol. The van der Waals surface area contributed by atoms with Crippen molar-refractivity contribution in [2.75, 3.05) is 6.61 Å². The molecule has 0 amide bonds. The van der Waals surface area contributed by atoms with E-state index in [1.165, 1.54) is 24.3 Å². The van der Waals surface area contributed by atoms with E-state index in [4.69, 9.17) is 19.1 Å². The van der Waals surface area contributed by atoms with Crippen LogP contribution in [0.2, 0.25) is 0 Å². The molecule has 0 aromatic heterocycles. The first-order valence-corrected chi connectivity index (χ1v) is 34.7. The highest BCUT2D eigenvalue weighted by Crippen LogP contribution is 2.32. The first-order valence-electron chi connectivity index (χ1n) is 33.4. The van der Waals surface area contributed by atoms with Crippen LogP contribution in [0.25, 0.3) is 0 Å². The Kier molecular flexibility index (Phi) is 44.0. The molecule has 0 radical (unpaired) electrons. The molecule has 0 aromatic rings. The van der Waals surface area contributed by atoms with Crippen molar-refractivity contribution in [2.45, 2.75) is 301 Å². The summed E-state index contributed by atoms with van der Waals surface area (Å²) in [5.74, 6) is -0.578. The average Bonchev–Trinajstić information content (AvgIpc) is 0.819. The summed E-state index contributed by atoms with van der Waals surface area (Å²) in [7, 11) is -4.75. The summed E-state index contributed by atoms with van der Waals surface area (Å²) in [5, 5.41) is 225. The molecule has 0 aliphatic carbocycles. The SMILES string of the molecule is C=C/C=C/CC/C=C/C=C/C=C/CC/C=C/C(O)C(O)C1OC(C(O)C(O)C(=C)CCC(O)C2CC(O)C(O)C(C(O)C(O)/C=C(\C)CCC(O)CC(O)C(O)C(O)CC(O)C(O)C(C)CCC(O)CCCC(O)CCCC(O)/C=C/CC(CO)OS(=O)(=O)O)O2)CC(O)C1O. The second-order valence-corrected chi connectivity index (χ2v) is 26.7. The van der Waals surface area contributed by atoms with Crippen LogP contribution in [0.1, 0.15) is 149 Å². The third-order valence-corrected chi connectivity index (χ3v) is 17.9. The normalized spacial score (nSPS) is 26.9. The Morgan fingerprint density at radius 2 is 1.07 bits per heavy atom. The third-order valence-electron chi connectivity index (χ3n) is 17.3. The molecule has 2 fully saturated rings. The summed E-state index contributed by atoms with van der Waals surface area (Å²) < 4.78 is 46.2. The molecule has 22 N–H and O–H groups in total. The van der Waals surface area contributed by atoms with Crippen molar-refractivity contribution in [1.29, 1.82) is 0 Å². The van der Waals surface area contributed by atoms with Crippen molar-refractivity contribution >= 4 is 10.4 Å². The lowest BCUT2D eigenvalue weighted by Gasteiger charge is -2.42. The van der Waals surface area contributed by atoms with E-state index in [1.807, 2.05) is 48.6 Å². The monoisotopic (exact) mass is 1400 g/mol. The Labute approximate surface area is 565 Å². The number of hydrogen-bond acceptors (Lipinski definition) is 26. The fraction of sp³-hybridized carbons (Fsp3) is 0.735. The van der Waals surface area contributed by atoms with Crippen molar-refractivity contribution in [1.82, 2.24) is 0 Å². The van der Waals surface area contributed by atoms with Gasteiger partial charge in [-0.25, -0.2) is 4.18 Å². The maximum Gasteiger partial charge on any atom is 0.397 e. The van der Waals surface area contributed by atoms with Gasteiger partial charge in [-0.1, -0.05) is 111 Å². The van der Waals surface area contributed by atoms with E-state index in [1.54, 1.807) is 26.0 Å². The zero-order chi connectivity index (χ0) is 72.2. The van der Waals surface area contributed by atoms with Crippen LogP contribution < -0.4 is 0 Å². The minimum absolute atomic E-state index is 0.0156. The summed E-state index contributed by atoms with van der Waals surface area (Å²) in [6.45, 7) is 9.93. The van der Waals surface area contributed by atoms with Crippen LogP contribution in [-0.4, -0.2) is 279 Å². The fourth-order valence-electron chi connectivity index (χ4n) is 11.2. The number of hydrogen-bond donors (Lipinski definition) is 22. The number of allylic oxidation sites excluding steroid dienone is 11. The van der Waals surface area contributed by atoms with Crippen LogP contribution in [0.5, 0.6) is 0 Å². The lowest BCUT2D eigenvalue weighted by Crippen LogP contribution is -2.59. The summed E-state index contributed by atoms with van der Waals surface area (Å²) in [6, 6.07) is 0. The molecular formula is C68H116O27S. The van der Waals surface area contributed by atoms with E-state index in [2.05, 4.69) is 17.3 Å². The van der Waals surface area contributed by atoms with E-state index in [0.717, 1.165) is 12.8 Å². The van der Waals surface area contributed by atoms with E-state index in [9.17, 15) is 111 Å². The molecule has 0 bridgehead atoms. The Hall–Kier alpha value is -3.39. The summed E-state index contributed by atoms with van der Waals surface area (Å²) in [4.78, 5) is 0. The Morgan fingerprint density at radius 3 is 1.65 bits per heavy atom. The Balaban J connectivity index is 1.80. The van der Waals surface area contributed by atoms with Gasteiger partial charge in [0, 0.05) is 25.7 Å². The second-order valence-electron chi connectivity index (χ2n) is 25.7. The van der Waals surface area contributed by atoms with Gasteiger partial charge in [0.25, 0.3) is 0 Å². The molecular weight excluding hydrogens is 1280 g/mol. The van der Waals surface area contributed by atoms with Gasteiger partial charge in [-0.2, -0.15) is 8.42 Å². The van der Waals surface area contributed by atoms with Gasteiger partial charge in [0.1, 0.15) is 73.2 Å². The highest BCUT2D eigenvalue weighted by Gasteiger charge is 2.47. The predicted molar refractivity (Wildman–Crippen MR) is 355 cm³/mol. The number of ether oxygens (including phenoxy) is 2. The maximum atomic E-state index is 11.2. The molecule has 2 aliphatic heterocycles. The summed E-state index contributed by atoms with van der Waals surface area (Å²) in [5.41, 5.74) is 0.391. The van der Waals surface area contributed by atoms with Crippen molar-refractivity contribution in [3.63, 3.8) is 0 Å². The van der Waals surface area contributed by atoms with E-state index < -0.39 is 188 Å². The van der Waals surface area contributed by atoms with Gasteiger partial charge in [-0.15, -0.1) is 0 Å². The Bertz CT molecular complexity index is 2460. The van der Waals surface area contributed by atoms with Gasteiger partial charge in [-0.05, 0) is 128 Å². The first-order chi connectivity index (χ1) is 45.2. The summed E-state index contributed by atoms with van der Waals surface area (Å²) >= 11 is 0. The number of rotatable bonds is 50. The van der Waals surface area contributed by atoms with E-state index >= 15 is 0 Å². The molecule has 556 valence electrons. The zero-order valence-electron chi connectivity index (χ0n) is 55.4. The zero-order valence-corrected chi connectivity index (χ0v) is 56.2. The van der Waals surface area contributed by atoms with Crippen LogP contribution >= 0.6 is 0 Å². The molecule has 2 saturated heterocycles. The lowest BCUT2D eigenvalue weighted by molar-refractivity contribution is -0.234. The fourth-order valence-corrected chi connectivity index (χ4v) is 11.7. The van der Waals surface area contributed by atoms with Gasteiger partial charge >= 0.3 is 10.4 Å². The molecule has 26 unspecified atom stereocenters. The van der Waals surface area contributed by atoms with Crippen LogP contribution in [0.4, 0.5) is 0 Å². The largest absolute Gasteiger partial charge is 0.397 e. The Morgan fingerprint density at radius 1 is 0.562 bits per heavy atom. The standard InChI is InChI=1S/C68H116O27S/c1-5-6-7-8-9-10-11-12-13-14-15-16-17-18-28-50(75)62(85)67-65(88)56(81)39-58(94-67)66(89)60(83)43(4)31-34-49(74)57-38-55(80)64(87)68(93-57)63(86)51(76)35-41(2)29-32-47(73)36-52(77)61(84)54(79)37-53(78)59(82)42(3)30-33-46(72)25-20-24-44(70)22-19-23-45(71)26-21-27-48(40-69)95-96(90,91)92/h5-7,10-15,18,21,26,28,35,42,44-89H,1,4,8-9,16-17,19-20,22-25,27,29-34,36-40H2,2-3H3,(H,90,91,92)/b7-6+,11-10+,13-12+,15-14+,26-21+,28-18+,41-35+. The molecule has 2 heterocycles. The van der Waals surface area contributed by atoms with Crippen LogP contribution in [0, 0.1) is 5.92 Å². The van der Waals surface area contributed by atoms with E-state index in [-0.39, 0.29) is 69.8 Å². The maximum absolute atomic E-state index is 11.2. The molecule has 0 saturated carbocycles. The number of aliphatic hydroxyl groups excluding tert-OH is 21. The molecule has 27 nitrogen and oxygen atoms in total. The molecule has 28 heteroatoms. The van der Waals surface area contributed by atoms with Crippen LogP contribution in [0.3, 0.4) is 0 Å². The smallest absolute Gasteiger partial charge is 0.394 e. The van der Waals surface area contributed by atoms with Crippen LogP contribution in [-0.2, 0) is 24.1 Å². The van der Waals surface area contributed by atoms with Crippen molar-refractivity contribution in [3.8, 4) is 0 Å². The molecule has 26 atom stereocenters. The first kappa shape index (κ1) is 88.7. The molecule has 2 aliphatic rings. The van der Waals surface area contributed by atoms with Gasteiger partial charge in [0.05, 0.1) is 86.0 Å². The van der Waals surface area contributed by atoms with Crippen LogP contribution in [0.15, 0.2) is 109 Å². The topological polar surface area (TPSA) is 507 Å². The number of unbranched alkanes of at least 4 members (excludes halogenated alkanes) is 2. The molecule has 96 heavy (non-hydrogen) atoms. The highest BCUT2D eigenvalue weighted by atomic mass is 32.3. The molecule has 2 rings (SSSR count). The quantitative estimate of drug-likeness (QED) is 0.0162. The highest BCUT2D eigenvalue weighted by molar-refractivity contribution is 7.80. The minimum atomic E-state index is -4.75. The predicted octanol–water partition coefficient (Wildman–Crippen LogP) is -0.227. The van der Waals surface area contributed by atoms with E-state index in [0.29, 0.717) is 50.5 Å². The minimum Gasteiger partial charge on any atom is -0.394 e.